The first-order valence-corrected chi connectivity index (χ1v) is 11.0. The van der Waals surface area contributed by atoms with Crippen LogP contribution in [0.2, 0.25) is 0 Å². The van der Waals surface area contributed by atoms with Gasteiger partial charge in [-0.25, -0.2) is 9.37 Å². The quantitative estimate of drug-likeness (QED) is 0.344. The van der Waals surface area contributed by atoms with E-state index in [1.165, 1.54) is 39.6 Å². The number of hydrogen-bond acceptors (Lipinski definition) is 4. The largest absolute Gasteiger partial charge is 0.273 e. The number of rotatable bonds is 5. The van der Waals surface area contributed by atoms with Gasteiger partial charge in [0.2, 0.25) is 5.91 Å². The van der Waals surface area contributed by atoms with Crippen LogP contribution in [0.1, 0.15) is 11.1 Å². The average molecular weight is 423 g/mol. The van der Waals surface area contributed by atoms with E-state index in [4.69, 9.17) is 0 Å². The molecule has 0 aliphatic heterocycles. The van der Waals surface area contributed by atoms with Gasteiger partial charge in [0, 0.05) is 4.90 Å². The van der Waals surface area contributed by atoms with Crippen molar-refractivity contribution in [2.45, 2.75) is 18.7 Å². The van der Waals surface area contributed by atoms with Crippen LogP contribution in [0.3, 0.4) is 0 Å². The third-order valence-corrected chi connectivity index (χ3v) is 6.54. The first-order valence-electron chi connectivity index (χ1n) is 9.15. The SMILES string of the molecule is Cc1ccc(SCC(=O)N(c2ccc(C)c(F)c2)c2nc3ccccc3s2)cc1. The molecule has 0 aliphatic carbocycles. The van der Waals surface area contributed by atoms with Crippen LogP contribution in [0.4, 0.5) is 15.2 Å². The zero-order valence-corrected chi connectivity index (χ0v) is 17.7. The van der Waals surface area contributed by atoms with Crippen molar-refractivity contribution in [2.24, 2.45) is 0 Å². The van der Waals surface area contributed by atoms with Crippen molar-refractivity contribution in [1.82, 2.24) is 4.98 Å². The number of amides is 1. The van der Waals surface area contributed by atoms with Gasteiger partial charge in [0.05, 0.1) is 21.7 Å². The van der Waals surface area contributed by atoms with Crippen LogP contribution in [0.25, 0.3) is 10.2 Å². The maximum atomic E-state index is 14.3. The number of aryl methyl sites for hydroxylation is 2. The predicted molar refractivity (Wildman–Crippen MR) is 120 cm³/mol. The van der Waals surface area contributed by atoms with Gasteiger partial charge < -0.3 is 0 Å². The monoisotopic (exact) mass is 422 g/mol. The van der Waals surface area contributed by atoms with Gasteiger partial charge in [-0.3, -0.25) is 9.69 Å². The van der Waals surface area contributed by atoms with Crippen LogP contribution < -0.4 is 4.90 Å². The smallest absolute Gasteiger partial charge is 0.243 e. The Bertz CT molecular complexity index is 1140. The molecule has 3 nitrogen and oxygen atoms in total. The van der Waals surface area contributed by atoms with E-state index >= 15 is 0 Å². The van der Waals surface area contributed by atoms with Crippen LogP contribution in [0, 0.1) is 19.7 Å². The highest BCUT2D eigenvalue weighted by Gasteiger charge is 2.22. The Hall–Kier alpha value is -2.70. The second-order valence-corrected chi connectivity index (χ2v) is 8.79. The second-order valence-electron chi connectivity index (χ2n) is 6.73. The minimum absolute atomic E-state index is 0.141. The Kier molecular flexibility index (Phi) is 5.65. The van der Waals surface area contributed by atoms with E-state index in [9.17, 15) is 9.18 Å². The highest BCUT2D eigenvalue weighted by atomic mass is 32.2. The van der Waals surface area contributed by atoms with Crippen LogP contribution in [-0.2, 0) is 4.79 Å². The normalized spacial score (nSPS) is 11.0. The summed E-state index contributed by atoms with van der Waals surface area (Å²) in [6.45, 7) is 3.73. The minimum atomic E-state index is -0.340. The van der Waals surface area contributed by atoms with E-state index in [0.717, 1.165) is 15.1 Å². The molecule has 0 spiro atoms. The third-order valence-electron chi connectivity index (χ3n) is 4.52. The zero-order chi connectivity index (χ0) is 20.4. The molecule has 0 saturated carbocycles. The number of thioether (sulfide) groups is 1. The summed E-state index contributed by atoms with van der Waals surface area (Å²) in [6.07, 6.45) is 0. The standard InChI is InChI=1S/C23H19FN2OS2/c1-15-7-11-18(12-8-15)28-14-22(27)26(17-10-9-16(2)19(24)13-17)23-25-20-5-3-4-6-21(20)29-23/h3-13H,14H2,1-2H3. The first-order chi connectivity index (χ1) is 14.0. The van der Waals surface area contributed by atoms with E-state index < -0.39 is 0 Å². The summed E-state index contributed by atoms with van der Waals surface area (Å²) in [5.74, 6) is -0.250. The molecule has 1 heterocycles. The summed E-state index contributed by atoms with van der Waals surface area (Å²) in [5, 5.41) is 0.545. The summed E-state index contributed by atoms with van der Waals surface area (Å²) in [4.78, 5) is 20.4. The van der Waals surface area contributed by atoms with Crippen LogP contribution >= 0.6 is 23.1 Å². The molecule has 1 aromatic heterocycles. The second kappa shape index (κ2) is 8.35. The number of halogens is 1. The van der Waals surface area contributed by atoms with E-state index in [1.54, 1.807) is 19.1 Å². The van der Waals surface area contributed by atoms with Crippen LogP contribution in [0.5, 0.6) is 0 Å². The summed E-state index contributed by atoms with van der Waals surface area (Å²) in [7, 11) is 0. The number of fused-ring (bicyclic) bond motifs is 1. The molecule has 3 aromatic carbocycles. The molecule has 0 bridgehead atoms. The number of anilines is 2. The maximum Gasteiger partial charge on any atom is 0.243 e. The lowest BCUT2D eigenvalue weighted by Crippen LogP contribution is -2.27. The molecular weight excluding hydrogens is 403 g/mol. The van der Waals surface area contributed by atoms with Crippen LogP contribution in [-0.4, -0.2) is 16.6 Å². The molecule has 146 valence electrons. The first kappa shape index (κ1) is 19.6. The lowest BCUT2D eigenvalue weighted by Gasteiger charge is -2.20. The molecule has 0 fully saturated rings. The predicted octanol–water partition coefficient (Wildman–Crippen LogP) is 6.51. The Morgan fingerprint density at radius 3 is 2.55 bits per heavy atom. The molecular formula is C23H19FN2OS2. The van der Waals surface area contributed by atoms with E-state index in [1.807, 2.05) is 55.5 Å². The molecule has 0 atom stereocenters. The van der Waals surface area contributed by atoms with Gasteiger partial charge in [0.1, 0.15) is 5.82 Å². The van der Waals surface area contributed by atoms with Crippen molar-refractivity contribution in [3.8, 4) is 0 Å². The third kappa shape index (κ3) is 4.33. The van der Waals surface area contributed by atoms with Gasteiger partial charge in [-0.2, -0.15) is 0 Å². The van der Waals surface area contributed by atoms with Crippen molar-refractivity contribution in [1.29, 1.82) is 0 Å². The number of para-hydroxylation sites is 1. The van der Waals surface area contributed by atoms with Gasteiger partial charge in [0.15, 0.2) is 5.13 Å². The van der Waals surface area contributed by atoms with Gasteiger partial charge in [-0.05, 0) is 55.8 Å². The number of thiazole rings is 1. The van der Waals surface area contributed by atoms with E-state index in [0.29, 0.717) is 16.4 Å². The number of benzene rings is 3. The molecule has 0 N–H and O–H groups in total. The molecule has 0 aliphatic rings. The summed E-state index contributed by atoms with van der Waals surface area (Å²) in [6, 6.07) is 20.6. The van der Waals surface area contributed by atoms with Gasteiger partial charge >= 0.3 is 0 Å². The topological polar surface area (TPSA) is 33.2 Å². The fourth-order valence-electron chi connectivity index (χ4n) is 2.88. The lowest BCUT2D eigenvalue weighted by atomic mass is 10.2. The Morgan fingerprint density at radius 2 is 1.83 bits per heavy atom. The molecule has 0 radical (unpaired) electrons. The van der Waals surface area contributed by atoms with Crippen molar-refractivity contribution >= 4 is 50.0 Å². The van der Waals surface area contributed by atoms with E-state index in [2.05, 4.69) is 4.98 Å². The number of carbonyl (C=O) groups excluding carboxylic acids is 1. The van der Waals surface area contributed by atoms with Gasteiger partial charge in [0.25, 0.3) is 0 Å². The zero-order valence-electron chi connectivity index (χ0n) is 16.1. The molecule has 6 heteroatoms. The number of nitrogens with zero attached hydrogens (tertiary/aromatic N) is 2. The molecule has 1 amide bonds. The Morgan fingerprint density at radius 1 is 1.07 bits per heavy atom. The number of hydrogen-bond donors (Lipinski definition) is 0. The van der Waals surface area contributed by atoms with Gasteiger partial charge in [-0.15, -0.1) is 11.8 Å². The fraction of sp³-hybridized carbons (Fsp3) is 0.130. The van der Waals surface area contributed by atoms with Crippen LogP contribution in [0.15, 0.2) is 71.6 Å². The van der Waals surface area contributed by atoms with Crippen molar-refractivity contribution in [3.05, 3.63) is 83.7 Å². The Balaban J connectivity index is 1.67. The lowest BCUT2D eigenvalue weighted by molar-refractivity contribution is -0.115. The molecule has 4 aromatic rings. The average Bonchev–Trinajstić information content (AvgIpc) is 3.14. The molecule has 0 saturated heterocycles. The Labute approximate surface area is 177 Å². The molecule has 4 rings (SSSR count). The van der Waals surface area contributed by atoms with E-state index in [-0.39, 0.29) is 17.5 Å². The fourth-order valence-corrected chi connectivity index (χ4v) is 4.63. The van der Waals surface area contributed by atoms with Crippen molar-refractivity contribution in [2.75, 3.05) is 10.7 Å². The summed E-state index contributed by atoms with van der Waals surface area (Å²) < 4.78 is 15.2. The highest BCUT2D eigenvalue weighted by Crippen LogP contribution is 2.35. The highest BCUT2D eigenvalue weighted by molar-refractivity contribution is 8.00. The molecule has 29 heavy (non-hydrogen) atoms. The minimum Gasteiger partial charge on any atom is -0.273 e. The number of carbonyl (C=O) groups is 1. The molecule has 0 unspecified atom stereocenters. The van der Waals surface area contributed by atoms with Gasteiger partial charge in [-0.1, -0.05) is 47.2 Å². The summed E-state index contributed by atoms with van der Waals surface area (Å²) in [5.41, 5.74) is 3.03. The van der Waals surface area contributed by atoms with Crippen molar-refractivity contribution < 1.29 is 9.18 Å². The maximum absolute atomic E-state index is 14.3. The summed E-state index contributed by atoms with van der Waals surface area (Å²) >= 11 is 2.89. The number of aromatic nitrogens is 1. The van der Waals surface area contributed by atoms with Crippen molar-refractivity contribution in [3.63, 3.8) is 0 Å².